The third-order valence-electron chi connectivity index (χ3n) is 5.73. The average molecular weight is 302 g/mol. The van der Waals surface area contributed by atoms with Gasteiger partial charge in [0, 0.05) is 51.4 Å². The number of piperazine rings is 1. The van der Waals surface area contributed by atoms with Gasteiger partial charge in [-0.15, -0.1) is 0 Å². The smallest absolute Gasteiger partial charge is 0.226 e. The van der Waals surface area contributed by atoms with Crippen molar-refractivity contribution in [2.75, 3.05) is 26.2 Å². The highest BCUT2D eigenvalue weighted by Gasteiger charge is 2.46. The van der Waals surface area contributed by atoms with Crippen LogP contribution in [-0.2, 0) is 11.8 Å². The number of carbonyl (C=O) groups excluding carboxylic acids is 1. The predicted molar refractivity (Wildman–Crippen MR) is 84.5 cm³/mol. The number of aryl methyl sites for hydroxylation is 1. The maximum atomic E-state index is 12.7. The molecule has 0 aromatic carbocycles. The molecule has 22 heavy (non-hydrogen) atoms. The monoisotopic (exact) mass is 302 g/mol. The van der Waals surface area contributed by atoms with Gasteiger partial charge in [0.1, 0.15) is 0 Å². The van der Waals surface area contributed by atoms with Crippen LogP contribution in [0.3, 0.4) is 0 Å². The van der Waals surface area contributed by atoms with Crippen molar-refractivity contribution in [3.05, 3.63) is 18.0 Å². The molecule has 2 atom stereocenters. The molecule has 1 aromatic heterocycles. The molecule has 2 aliphatic carbocycles. The van der Waals surface area contributed by atoms with E-state index in [1.807, 2.05) is 17.9 Å². The molecule has 0 unspecified atom stereocenters. The van der Waals surface area contributed by atoms with Gasteiger partial charge >= 0.3 is 0 Å². The van der Waals surface area contributed by atoms with Gasteiger partial charge in [0.15, 0.2) is 0 Å². The van der Waals surface area contributed by atoms with Crippen LogP contribution in [0.2, 0.25) is 0 Å². The summed E-state index contributed by atoms with van der Waals surface area (Å²) < 4.78 is 1.83. The summed E-state index contributed by atoms with van der Waals surface area (Å²) in [5, 5.41) is 4.22. The van der Waals surface area contributed by atoms with E-state index in [0.717, 1.165) is 38.6 Å². The standard InChI is InChI=1S/C17H26N4O/c1-19-12-13(11-18-19)15-10-16(15)17(22)21-8-6-20(7-9-21)14-4-2-3-5-14/h11-12,14-16H,2-10H2,1H3/t15-,16+/m0/s1. The van der Waals surface area contributed by atoms with E-state index in [1.165, 1.54) is 31.2 Å². The van der Waals surface area contributed by atoms with Crippen LogP contribution in [0, 0.1) is 5.92 Å². The van der Waals surface area contributed by atoms with Gasteiger partial charge in [0.25, 0.3) is 0 Å². The van der Waals surface area contributed by atoms with Gasteiger partial charge in [-0.05, 0) is 30.7 Å². The SMILES string of the molecule is Cn1cc([C@@H]2C[C@H]2C(=O)N2CCN(C3CCCC3)CC2)cn1. The first-order valence-corrected chi connectivity index (χ1v) is 8.74. The van der Waals surface area contributed by atoms with Crippen LogP contribution in [0.5, 0.6) is 0 Å². The summed E-state index contributed by atoms with van der Waals surface area (Å²) in [5.41, 5.74) is 1.23. The Morgan fingerprint density at radius 1 is 1.18 bits per heavy atom. The fourth-order valence-electron chi connectivity index (χ4n) is 4.28. The Morgan fingerprint density at radius 3 is 2.55 bits per heavy atom. The molecule has 0 spiro atoms. The molecule has 1 aliphatic heterocycles. The lowest BCUT2D eigenvalue weighted by atomic mass is 10.1. The van der Waals surface area contributed by atoms with Crippen molar-refractivity contribution in [2.24, 2.45) is 13.0 Å². The molecule has 1 amide bonds. The molecule has 4 rings (SSSR count). The molecule has 1 aromatic rings. The number of rotatable bonds is 3. The van der Waals surface area contributed by atoms with Crippen molar-refractivity contribution < 1.29 is 4.79 Å². The lowest BCUT2D eigenvalue weighted by molar-refractivity contribution is -0.134. The zero-order valence-electron chi connectivity index (χ0n) is 13.4. The highest BCUT2D eigenvalue weighted by atomic mass is 16.2. The maximum absolute atomic E-state index is 12.7. The Labute approximate surface area is 132 Å². The highest BCUT2D eigenvalue weighted by molar-refractivity contribution is 5.83. The van der Waals surface area contributed by atoms with Gasteiger partial charge < -0.3 is 4.90 Å². The van der Waals surface area contributed by atoms with Gasteiger partial charge in [0.05, 0.1) is 6.20 Å². The molecule has 3 aliphatic rings. The van der Waals surface area contributed by atoms with Crippen LogP contribution in [0.4, 0.5) is 0 Å². The second-order valence-electron chi connectivity index (χ2n) is 7.20. The topological polar surface area (TPSA) is 41.4 Å². The van der Waals surface area contributed by atoms with E-state index in [9.17, 15) is 4.79 Å². The Morgan fingerprint density at radius 2 is 1.91 bits per heavy atom. The summed E-state index contributed by atoms with van der Waals surface area (Å²) in [5.74, 6) is 0.996. The number of hydrogen-bond acceptors (Lipinski definition) is 3. The quantitative estimate of drug-likeness (QED) is 0.852. The number of aromatic nitrogens is 2. The molecular weight excluding hydrogens is 276 g/mol. The molecule has 2 saturated carbocycles. The first kappa shape index (κ1) is 14.2. The third-order valence-corrected chi connectivity index (χ3v) is 5.73. The minimum atomic E-state index is 0.210. The lowest BCUT2D eigenvalue weighted by Crippen LogP contribution is -2.51. The molecular formula is C17H26N4O. The van der Waals surface area contributed by atoms with E-state index < -0.39 is 0 Å². The van der Waals surface area contributed by atoms with Crippen molar-refractivity contribution in [2.45, 2.75) is 44.1 Å². The molecule has 3 fully saturated rings. The first-order chi connectivity index (χ1) is 10.7. The molecule has 0 radical (unpaired) electrons. The summed E-state index contributed by atoms with van der Waals surface area (Å²) in [6.07, 6.45) is 10.5. The van der Waals surface area contributed by atoms with E-state index in [-0.39, 0.29) is 5.92 Å². The molecule has 0 N–H and O–H groups in total. The summed E-state index contributed by atoms with van der Waals surface area (Å²) in [4.78, 5) is 17.4. The van der Waals surface area contributed by atoms with Gasteiger partial charge in [-0.3, -0.25) is 14.4 Å². The predicted octanol–water partition coefficient (Wildman–Crippen LogP) is 1.61. The summed E-state index contributed by atoms with van der Waals surface area (Å²) in [7, 11) is 1.94. The molecule has 5 nitrogen and oxygen atoms in total. The van der Waals surface area contributed by atoms with Crippen LogP contribution >= 0.6 is 0 Å². The minimum absolute atomic E-state index is 0.210. The molecule has 2 heterocycles. The third kappa shape index (κ3) is 2.67. The average Bonchev–Trinajstić information content (AvgIpc) is 2.95. The zero-order valence-corrected chi connectivity index (χ0v) is 13.4. The minimum Gasteiger partial charge on any atom is -0.340 e. The highest BCUT2D eigenvalue weighted by Crippen LogP contribution is 2.48. The summed E-state index contributed by atoms with van der Waals surface area (Å²) in [6.45, 7) is 3.98. The molecule has 5 heteroatoms. The van der Waals surface area contributed by atoms with E-state index in [1.54, 1.807) is 0 Å². The Bertz CT molecular complexity index is 541. The Hall–Kier alpha value is -1.36. The normalized spacial score (nSPS) is 30.0. The van der Waals surface area contributed by atoms with Crippen LogP contribution in [-0.4, -0.2) is 57.7 Å². The van der Waals surface area contributed by atoms with Crippen LogP contribution in [0.1, 0.15) is 43.6 Å². The van der Waals surface area contributed by atoms with Gasteiger partial charge in [0.2, 0.25) is 5.91 Å². The fourth-order valence-corrected chi connectivity index (χ4v) is 4.28. The maximum Gasteiger partial charge on any atom is 0.226 e. The fraction of sp³-hybridized carbons (Fsp3) is 0.765. The van der Waals surface area contributed by atoms with Crippen LogP contribution < -0.4 is 0 Å². The Balaban J connectivity index is 1.30. The summed E-state index contributed by atoms with van der Waals surface area (Å²) in [6, 6.07) is 0.793. The van der Waals surface area contributed by atoms with Crippen molar-refractivity contribution in [3.63, 3.8) is 0 Å². The molecule has 120 valence electrons. The second kappa shape index (κ2) is 5.69. The van der Waals surface area contributed by atoms with E-state index in [4.69, 9.17) is 0 Å². The number of amides is 1. The lowest BCUT2D eigenvalue weighted by Gasteiger charge is -2.38. The Kier molecular flexibility index (Phi) is 3.68. The molecule has 0 bridgehead atoms. The van der Waals surface area contributed by atoms with Gasteiger partial charge in [-0.1, -0.05) is 12.8 Å². The van der Waals surface area contributed by atoms with Crippen molar-refractivity contribution in [3.8, 4) is 0 Å². The number of carbonyl (C=O) groups is 1. The van der Waals surface area contributed by atoms with Crippen LogP contribution in [0.25, 0.3) is 0 Å². The second-order valence-corrected chi connectivity index (χ2v) is 7.20. The number of nitrogens with zero attached hydrogens (tertiary/aromatic N) is 4. The van der Waals surface area contributed by atoms with Crippen LogP contribution in [0.15, 0.2) is 12.4 Å². The number of hydrogen-bond donors (Lipinski definition) is 0. The van der Waals surface area contributed by atoms with Crippen molar-refractivity contribution in [1.29, 1.82) is 0 Å². The van der Waals surface area contributed by atoms with E-state index >= 15 is 0 Å². The first-order valence-electron chi connectivity index (χ1n) is 8.74. The molecule has 1 saturated heterocycles. The summed E-state index contributed by atoms with van der Waals surface area (Å²) >= 11 is 0. The van der Waals surface area contributed by atoms with E-state index in [0.29, 0.717) is 11.8 Å². The van der Waals surface area contributed by atoms with Crippen molar-refractivity contribution >= 4 is 5.91 Å². The van der Waals surface area contributed by atoms with E-state index in [2.05, 4.69) is 21.1 Å². The van der Waals surface area contributed by atoms with Gasteiger partial charge in [-0.2, -0.15) is 5.10 Å². The largest absolute Gasteiger partial charge is 0.340 e. The van der Waals surface area contributed by atoms with Gasteiger partial charge in [-0.25, -0.2) is 0 Å². The zero-order chi connectivity index (χ0) is 15.1. The van der Waals surface area contributed by atoms with Crippen molar-refractivity contribution in [1.82, 2.24) is 19.6 Å².